The van der Waals surface area contributed by atoms with Gasteiger partial charge in [-0.25, -0.2) is 22.0 Å². The number of aryl methyl sites for hydroxylation is 1. The minimum Gasteiger partial charge on any atom is -0.206 e. The molecule has 0 nitrogen and oxygen atoms in total. The zero-order valence-corrected chi connectivity index (χ0v) is 17.3. The number of unbranched alkanes of at least 4 members (excludes halogenated alkanes) is 1. The maximum Gasteiger partial charge on any atom is 0.162 e. The summed E-state index contributed by atoms with van der Waals surface area (Å²) >= 11 is 0. The fourth-order valence-electron chi connectivity index (χ4n) is 4.44. The van der Waals surface area contributed by atoms with Crippen molar-refractivity contribution in [3.05, 3.63) is 93.8 Å². The molecule has 0 saturated carbocycles. The number of halogens is 5. The molecule has 31 heavy (non-hydrogen) atoms. The molecule has 0 radical (unpaired) electrons. The van der Waals surface area contributed by atoms with E-state index in [2.05, 4.69) is 0 Å². The van der Waals surface area contributed by atoms with Crippen molar-refractivity contribution in [3.8, 4) is 11.1 Å². The van der Waals surface area contributed by atoms with E-state index in [1.54, 1.807) is 18.2 Å². The first-order chi connectivity index (χ1) is 14.9. The summed E-state index contributed by atoms with van der Waals surface area (Å²) < 4.78 is 71.2. The van der Waals surface area contributed by atoms with Crippen molar-refractivity contribution in [2.24, 2.45) is 0 Å². The van der Waals surface area contributed by atoms with Crippen LogP contribution in [0.5, 0.6) is 0 Å². The Morgan fingerprint density at radius 2 is 1.65 bits per heavy atom. The van der Waals surface area contributed by atoms with Gasteiger partial charge in [-0.3, -0.25) is 0 Å². The van der Waals surface area contributed by atoms with Crippen LogP contribution >= 0.6 is 0 Å². The summed E-state index contributed by atoms with van der Waals surface area (Å²) in [5.41, 5.74) is 2.41. The molecule has 0 aliphatic heterocycles. The number of rotatable bonds is 5. The van der Waals surface area contributed by atoms with Crippen molar-refractivity contribution >= 4 is 0 Å². The maximum atomic E-state index is 15.2. The molecule has 4 rings (SSSR count). The summed E-state index contributed by atoms with van der Waals surface area (Å²) in [6.45, 7) is 2.00. The summed E-state index contributed by atoms with van der Waals surface area (Å²) in [7, 11) is 0. The fourth-order valence-corrected chi connectivity index (χ4v) is 4.44. The van der Waals surface area contributed by atoms with E-state index in [9.17, 15) is 17.6 Å². The molecule has 0 amide bonds. The van der Waals surface area contributed by atoms with Crippen molar-refractivity contribution < 1.29 is 22.0 Å². The second-order valence-electron chi connectivity index (χ2n) is 8.18. The number of hydrogen-bond acceptors (Lipinski definition) is 0. The molecule has 0 spiro atoms. The Labute approximate surface area is 178 Å². The third-order valence-corrected chi connectivity index (χ3v) is 6.21. The predicted molar refractivity (Wildman–Crippen MR) is 111 cm³/mol. The fraction of sp³-hybridized carbons (Fsp3) is 0.308. The molecule has 0 aromatic heterocycles. The molecule has 5 heteroatoms. The lowest BCUT2D eigenvalue weighted by Crippen LogP contribution is -2.16. The van der Waals surface area contributed by atoms with Gasteiger partial charge in [0.1, 0.15) is 5.82 Å². The summed E-state index contributed by atoms with van der Waals surface area (Å²) in [6, 6.07) is 9.88. The Balaban J connectivity index is 1.62. The van der Waals surface area contributed by atoms with Gasteiger partial charge in [0.05, 0.1) is 0 Å². The highest BCUT2D eigenvalue weighted by molar-refractivity contribution is 5.66. The van der Waals surface area contributed by atoms with Gasteiger partial charge in [0.15, 0.2) is 23.3 Å². The smallest absolute Gasteiger partial charge is 0.162 e. The topological polar surface area (TPSA) is 0 Å². The zero-order chi connectivity index (χ0) is 22.1. The van der Waals surface area contributed by atoms with E-state index in [4.69, 9.17) is 0 Å². The zero-order valence-electron chi connectivity index (χ0n) is 17.3. The quantitative estimate of drug-likeness (QED) is 0.365. The van der Waals surface area contributed by atoms with E-state index < -0.39 is 29.1 Å². The minimum absolute atomic E-state index is 0.202. The molecule has 3 aromatic carbocycles. The maximum absolute atomic E-state index is 15.2. The van der Waals surface area contributed by atoms with Crippen molar-refractivity contribution in [2.45, 2.75) is 51.4 Å². The minimum atomic E-state index is -1.03. The summed E-state index contributed by atoms with van der Waals surface area (Å²) in [5.74, 6) is -4.31. The van der Waals surface area contributed by atoms with Crippen molar-refractivity contribution in [2.75, 3.05) is 0 Å². The van der Waals surface area contributed by atoms with Gasteiger partial charge in [-0.2, -0.15) is 0 Å². The van der Waals surface area contributed by atoms with E-state index in [1.807, 2.05) is 6.92 Å². The van der Waals surface area contributed by atoms with E-state index >= 15 is 4.39 Å². The molecular weight excluding hydrogens is 407 g/mol. The van der Waals surface area contributed by atoms with Gasteiger partial charge >= 0.3 is 0 Å². The Bertz CT molecular complexity index is 1120. The van der Waals surface area contributed by atoms with Gasteiger partial charge in [0, 0.05) is 5.56 Å². The molecule has 1 unspecified atom stereocenters. The number of fused-ring (bicyclic) bond motifs is 1. The highest BCUT2D eigenvalue weighted by Gasteiger charge is 2.27. The highest BCUT2D eigenvalue weighted by Crippen LogP contribution is 2.38. The largest absolute Gasteiger partial charge is 0.206 e. The van der Waals surface area contributed by atoms with E-state index in [-0.39, 0.29) is 17.0 Å². The molecule has 0 bridgehead atoms. The van der Waals surface area contributed by atoms with Gasteiger partial charge in [0.25, 0.3) is 0 Å². The molecule has 1 aliphatic rings. The van der Waals surface area contributed by atoms with Gasteiger partial charge in [-0.15, -0.1) is 0 Å². The van der Waals surface area contributed by atoms with Crippen LogP contribution in [0.15, 0.2) is 42.5 Å². The average Bonchev–Trinajstić information content (AvgIpc) is 2.77. The predicted octanol–water partition coefficient (Wildman–Crippen LogP) is 7.66. The van der Waals surface area contributed by atoms with Crippen molar-refractivity contribution in [1.29, 1.82) is 0 Å². The lowest BCUT2D eigenvalue weighted by atomic mass is 9.78. The monoisotopic (exact) mass is 430 g/mol. The summed E-state index contributed by atoms with van der Waals surface area (Å²) in [5, 5.41) is 0. The Morgan fingerprint density at radius 1 is 0.839 bits per heavy atom. The van der Waals surface area contributed by atoms with Crippen molar-refractivity contribution in [3.63, 3.8) is 0 Å². The van der Waals surface area contributed by atoms with Crippen LogP contribution in [0.3, 0.4) is 0 Å². The molecule has 1 atom stereocenters. The molecule has 3 aromatic rings. The van der Waals surface area contributed by atoms with E-state index in [0.717, 1.165) is 30.5 Å². The van der Waals surface area contributed by atoms with Crippen molar-refractivity contribution in [1.82, 2.24) is 0 Å². The van der Waals surface area contributed by atoms with Crippen LogP contribution in [0.1, 0.15) is 54.4 Å². The number of benzene rings is 3. The van der Waals surface area contributed by atoms with Crippen LogP contribution in [0.25, 0.3) is 11.1 Å². The van der Waals surface area contributed by atoms with E-state index in [0.29, 0.717) is 42.4 Å². The van der Waals surface area contributed by atoms with Crippen LogP contribution in [-0.4, -0.2) is 0 Å². The second-order valence-corrected chi connectivity index (χ2v) is 8.18. The van der Waals surface area contributed by atoms with Gasteiger partial charge in [0.2, 0.25) is 0 Å². The number of hydrogen-bond donors (Lipinski definition) is 0. The Hall–Kier alpha value is -2.69. The lowest BCUT2D eigenvalue weighted by molar-refractivity contribution is 0.463. The average molecular weight is 430 g/mol. The van der Waals surface area contributed by atoms with Gasteiger partial charge < -0.3 is 0 Å². The third kappa shape index (κ3) is 4.10. The first-order valence-corrected chi connectivity index (χ1v) is 10.6. The summed E-state index contributed by atoms with van der Waals surface area (Å²) in [4.78, 5) is 0. The Kier molecular flexibility index (Phi) is 6.12. The Morgan fingerprint density at radius 3 is 2.39 bits per heavy atom. The van der Waals surface area contributed by atoms with Crippen LogP contribution < -0.4 is 0 Å². The van der Waals surface area contributed by atoms with Crippen LogP contribution in [0.2, 0.25) is 0 Å². The molecule has 0 saturated heterocycles. The molecule has 0 fully saturated rings. The highest BCUT2D eigenvalue weighted by atomic mass is 19.2. The molecule has 1 aliphatic carbocycles. The first-order valence-electron chi connectivity index (χ1n) is 10.6. The van der Waals surface area contributed by atoms with Gasteiger partial charge in [-0.05, 0) is 78.0 Å². The van der Waals surface area contributed by atoms with Gasteiger partial charge in [-0.1, -0.05) is 43.7 Å². The van der Waals surface area contributed by atoms with Crippen LogP contribution in [-0.2, 0) is 19.3 Å². The van der Waals surface area contributed by atoms with Crippen LogP contribution in [0.4, 0.5) is 22.0 Å². The first kappa shape index (κ1) is 21.5. The SMILES string of the molecule is CCCCc1ccc(C2CCc3c(ccc(-c4ccc(F)c(F)c4)c3F)C2)c(F)c1F. The molecular formula is C26H23F5. The summed E-state index contributed by atoms with van der Waals surface area (Å²) in [6.07, 6.45) is 3.45. The lowest BCUT2D eigenvalue weighted by Gasteiger charge is -2.27. The van der Waals surface area contributed by atoms with E-state index in [1.165, 1.54) is 12.1 Å². The normalized spacial score (nSPS) is 15.7. The van der Waals surface area contributed by atoms with Crippen LogP contribution in [0, 0.1) is 29.1 Å². The molecule has 0 heterocycles. The molecule has 0 N–H and O–H groups in total. The second kappa shape index (κ2) is 8.81. The third-order valence-electron chi connectivity index (χ3n) is 6.21. The standard InChI is InChI=1S/C26H23F5/c1-2-3-4-15-5-9-21(26(31)24(15)29)17-7-10-19-16(13-17)6-11-20(25(19)30)18-8-12-22(27)23(28)14-18/h5-6,8-9,11-12,14,17H,2-4,7,10,13H2,1H3. The molecule has 162 valence electrons.